The molecule has 1 fully saturated rings. The minimum Gasteiger partial charge on any atom is -0.493 e. The first-order valence-corrected chi connectivity index (χ1v) is 7.66. The molecule has 0 radical (unpaired) electrons. The highest BCUT2D eigenvalue weighted by Crippen LogP contribution is 2.30. The molecule has 114 valence electrons. The lowest BCUT2D eigenvalue weighted by Gasteiger charge is -2.21. The normalized spacial score (nSPS) is 17.6. The van der Waals surface area contributed by atoms with Crippen LogP contribution in [0.4, 0.5) is 0 Å². The van der Waals surface area contributed by atoms with Crippen LogP contribution in [0.25, 0.3) is 0 Å². The number of thioether (sulfide) groups is 1. The Labute approximate surface area is 127 Å². The van der Waals surface area contributed by atoms with E-state index in [-0.39, 0.29) is 5.91 Å². The number of carboxylic acid groups (broad SMARTS) is 1. The number of benzene rings is 1. The quantitative estimate of drug-likeness (QED) is 0.892. The minimum absolute atomic E-state index is 0.311. The van der Waals surface area contributed by atoms with Crippen molar-refractivity contribution in [3.8, 4) is 11.5 Å². The van der Waals surface area contributed by atoms with Crippen LogP contribution in [0.1, 0.15) is 17.3 Å². The molecule has 1 heterocycles. The smallest absolute Gasteiger partial charge is 0.327 e. The summed E-state index contributed by atoms with van der Waals surface area (Å²) in [4.78, 5) is 25.0. The first-order chi connectivity index (χ1) is 10.1. The minimum atomic E-state index is -0.980. The molecule has 1 unspecified atom stereocenters. The molecule has 1 saturated heterocycles. The average Bonchev–Trinajstić information content (AvgIpc) is 2.97. The van der Waals surface area contributed by atoms with Crippen molar-refractivity contribution >= 4 is 23.6 Å². The van der Waals surface area contributed by atoms with Crippen LogP contribution >= 0.6 is 11.8 Å². The van der Waals surface area contributed by atoms with Crippen molar-refractivity contribution in [2.45, 2.75) is 13.0 Å². The van der Waals surface area contributed by atoms with E-state index in [1.165, 1.54) is 23.8 Å². The van der Waals surface area contributed by atoms with Gasteiger partial charge in [-0.3, -0.25) is 4.79 Å². The van der Waals surface area contributed by atoms with E-state index in [0.717, 1.165) is 0 Å². The SMILES string of the molecule is CCOc1ccc(C(=O)N2CSCC2C(=O)O)cc1OC. The molecule has 2 rings (SSSR count). The summed E-state index contributed by atoms with van der Waals surface area (Å²) >= 11 is 1.43. The van der Waals surface area contributed by atoms with Crippen LogP contribution in [0.15, 0.2) is 18.2 Å². The van der Waals surface area contributed by atoms with Crippen LogP contribution in [0.2, 0.25) is 0 Å². The van der Waals surface area contributed by atoms with Gasteiger partial charge < -0.3 is 19.5 Å². The van der Waals surface area contributed by atoms with E-state index >= 15 is 0 Å². The number of rotatable bonds is 5. The fourth-order valence-corrected chi connectivity index (χ4v) is 3.23. The molecule has 0 bridgehead atoms. The van der Waals surface area contributed by atoms with Crippen LogP contribution in [-0.4, -0.2) is 53.3 Å². The van der Waals surface area contributed by atoms with Crippen molar-refractivity contribution in [2.75, 3.05) is 25.3 Å². The molecule has 1 N–H and O–H groups in total. The fraction of sp³-hybridized carbons (Fsp3) is 0.429. The molecule has 7 heteroatoms. The van der Waals surface area contributed by atoms with Gasteiger partial charge in [0.15, 0.2) is 11.5 Å². The third kappa shape index (κ3) is 3.24. The monoisotopic (exact) mass is 311 g/mol. The Morgan fingerprint density at radius 2 is 2.19 bits per heavy atom. The van der Waals surface area contributed by atoms with Gasteiger partial charge in [0.25, 0.3) is 5.91 Å². The lowest BCUT2D eigenvalue weighted by Crippen LogP contribution is -2.41. The van der Waals surface area contributed by atoms with E-state index in [4.69, 9.17) is 14.6 Å². The van der Waals surface area contributed by atoms with E-state index in [1.54, 1.807) is 18.2 Å². The zero-order valence-corrected chi connectivity index (χ0v) is 12.7. The highest BCUT2D eigenvalue weighted by molar-refractivity contribution is 7.99. The number of nitrogens with zero attached hydrogens (tertiary/aromatic N) is 1. The molecule has 1 amide bonds. The lowest BCUT2D eigenvalue weighted by molar-refractivity contribution is -0.140. The second kappa shape index (κ2) is 6.71. The van der Waals surface area contributed by atoms with Gasteiger partial charge in [-0.1, -0.05) is 0 Å². The van der Waals surface area contributed by atoms with Crippen LogP contribution in [0.3, 0.4) is 0 Å². The molecule has 0 spiro atoms. The Hall–Kier alpha value is -1.89. The number of carboxylic acids is 1. The summed E-state index contributed by atoms with van der Waals surface area (Å²) in [5.41, 5.74) is 0.393. The van der Waals surface area contributed by atoms with Gasteiger partial charge >= 0.3 is 5.97 Å². The fourth-order valence-electron chi connectivity index (χ4n) is 2.09. The van der Waals surface area contributed by atoms with Gasteiger partial charge in [-0.15, -0.1) is 11.8 Å². The predicted molar refractivity (Wildman–Crippen MR) is 79.1 cm³/mol. The average molecular weight is 311 g/mol. The first kappa shape index (κ1) is 15.5. The van der Waals surface area contributed by atoms with E-state index in [1.807, 2.05) is 6.92 Å². The summed E-state index contributed by atoms with van der Waals surface area (Å²) in [6.07, 6.45) is 0. The zero-order valence-electron chi connectivity index (χ0n) is 11.9. The molecule has 6 nitrogen and oxygen atoms in total. The molecule has 1 aromatic carbocycles. The third-order valence-electron chi connectivity index (χ3n) is 3.14. The highest BCUT2D eigenvalue weighted by atomic mass is 32.2. The summed E-state index contributed by atoms with van der Waals surface area (Å²) in [7, 11) is 1.50. The molecule has 0 aliphatic carbocycles. The Balaban J connectivity index is 2.25. The van der Waals surface area contributed by atoms with Crippen LogP contribution in [0, 0.1) is 0 Å². The summed E-state index contributed by atoms with van der Waals surface area (Å²) < 4.78 is 10.6. The van der Waals surface area contributed by atoms with Crippen molar-refractivity contribution in [1.29, 1.82) is 0 Å². The summed E-state index contributed by atoms with van der Waals surface area (Å²) in [5.74, 6) is 0.518. The summed E-state index contributed by atoms with van der Waals surface area (Å²) in [5, 5.41) is 9.14. The van der Waals surface area contributed by atoms with Crippen molar-refractivity contribution in [2.24, 2.45) is 0 Å². The number of ether oxygens (including phenoxy) is 2. The molecular weight excluding hydrogens is 294 g/mol. The Morgan fingerprint density at radius 1 is 1.43 bits per heavy atom. The topological polar surface area (TPSA) is 76.1 Å². The van der Waals surface area contributed by atoms with Gasteiger partial charge in [0.1, 0.15) is 6.04 Å². The molecular formula is C14H17NO5S. The summed E-state index contributed by atoms with van der Waals surface area (Å²) in [6.45, 7) is 2.35. The predicted octanol–water partition coefficient (Wildman–Crippen LogP) is 1.69. The number of methoxy groups -OCH3 is 1. The Morgan fingerprint density at radius 3 is 2.81 bits per heavy atom. The van der Waals surface area contributed by atoms with Gasteiger partial charge in [-0.2, -0.15) is 0 Å². The maximum Gasteiger partial charge on any atom is 0.327 e. The van der Waals surface area contributed by atoms with Gasteiger partial charge in [0.05, 0.1) is 19.6 Å². The second-order valence-corrected chi connectivity index (χ2v) is 5.43. The van der Waals surface area contributed by atoms with Crippen molar-refractivity contribution in [1.82, 2.24) is 4.90 Å². The largest absolute Gasteiger partial charge is 0.493 e. The number of amides is 1. The van der Waals surface area contributed by atoms with Crippen LogP contribution < -0.4 is 9.47 Å². The number of aliphatic carboxylic acids is 1. The molecule has 0 aromatic heterocycles. The van der Waals surface area contributed by atoms with E-state index in [9.17, 15) is 9.59 Å². The van der Waals surface area contributed by atoms with Gasteiger partial charge in [-0.05, 0) is 25.1 Å². The van der Waals surface area contributed by atoms with Gasteiger partial charge in [0.2, 0.25) is 0 Å². The van der Waals surface area contributed by atoms with E-state index in [2.05, 4.69) is 0 Å². The molecule has 1 aromatic rings. The third-order valence-corrected chi connectivity index (χ3v) is 4.15. The standard InChI is InChI=1S/C14H17NO5S/c1-3-20-11-5-4-9(6-12(11)19-2)13(16)15-8-21-7-10(15)14(17)18/h4-6,10H,3,7-8H2,1-2H3,(H,17,18). The molecule has 1 atom stereocenters. The van der Waals surface area contributed by atoms with Crippen molar-refractivity contribution in [3.63, 3.8) is 0 Å². The second-order valence-electron chi connectivity index (χ2n) is 4.43. The molecule has 1 aliphatic rings. The molecule has 0 saturated carbocycles. The van der Waals surface area contributed by atoms with Gasteiger partial charge in [0, 0.05) is 11.3 Å². The maximum absolute atomic E-state index is 12.5. The number of carbonyl (C=O) groups is 2. The van der Waals surface area contributed by atoms with E-state index < -0.39 is 12.0 Å². The Bertz CT molecular complexity index is 548. The number of hydrogen-bond acceptors (Lipinski definition) is 5. The highest BCUT2D eigenvalue weighted by Gasteiger charge is 2.35. The van der Waals surface area contributed by atoms with Crippen LogP contribution in [-0.2, 0) is 4.79 Å². The summed E-state index contributed by atoms with van der Waals surface area (Å²) in [6, 6.07) is 4.08. The van der Waals surface area contributed by atoms with Crippen molar-refractivity contribution in [3.05, 3.63) is 23.8 Å². The Kier molecular flexibility index (Phi) is 4.95. The van der Waals surface area contributed by atoms with E-state index in [0.29, 0.717) is 35.3 Å². The van der Waals surface area contributed by atoms with Crippen LogP contribution in [0.5, 0.6) is 11.5 Å². The number of carbonyl (C=O) groups excluding carboxylic acids is 1. The van der Waals surface area contributed by atoms with Gasteiger partial charge in [-0.25, -0.2) is 4.79 Å². The molecule has 21 heavy (non-hydrogen) atoms. The lowest BCUT2D eigenvalue weighted by atomic mass is 10.1. The zero-order chi connectivity index (χ0) is 15.4. The molecule has 1 aliphatic heterocycles. The number of hydrogen-bond donors (Lipinski definition) is 1. The first-order valence-electron chi connectivity index (χ1n) is 6.50. The maximum atomic E-state index is 12.5. The van der Waals surface area contributed by atoms with Crippen molar-refractivity contribution < 1.29 is 24.2 Å².